The molecule has 4 N–H and O–H groups in total. The van der Waals surface area contributed by atoms with Crippen LogP contribution in [0.2, 0.25) is 0 Å². The molecule has 1 amide bonds. The molecule has 0 spiro atoms. The van der Waals surface area contributed by atoms with Crippen LogP contribution in [-0.2, 0) is 16.6 Å². The molecule has 0 fully saturated rings. The van der Waals surface area contributed by atoms with Gasteiger partial charge in [-0.25, -0.2) is 4.57 Å². The quantitative estimate of drug-likeness (QED) is 0.148. The van der Waals surface area contributed by atoms with Gasteiger partial charge in [0, 0.05) is 29.3 Å². The Kier molecular flexibility index (Phi) is 12.8. The Bertz CT molecular complexity index is 1180. The van der Waals surface area contributed by atoms with Crippen LogP contribution in [0.25, 0.3) is 11.1 Å². The summed E-state index contributed by atoms with van der Waals surface area (Å²) in [6.45, 7) is 7.37. The molecule has 0 unspecified atom stereocenters. The summed E-state index contributed by atoms with van der Waals surface area (Å²) in [5.41, 5.74) is 9.89. The normalized spacial score (nSPS) is 10.6. The molecular formula is C30H37N4O3+. The average molecular weight is 502 g/mol. The second-order valence-electron chi connectivity index (χ2n) is 8.73. The van der Waals surface area contributed by atoms with Crippen LogP contribution in [0.1, 0.15) is 48.7 Å². The molecule has 3 rings (SSSR count). The summed E-state index contributed by atoms with van der Waals surface area (Å²) < 4.78 is 7.06. The summed E-state index contributed by atoms with van der Waals surface area (Å²) in [5, 5.41) is 9.93. The Labute approximate surface area is 220 Å². The van der Waals surface area contributed by atoms with Gasteiger partial charge in [-0.05, 0) is 57.0 Å². The van der Waals surface area contributed by atoms with E-state index >= 15 is 0 Å². The Morgan fingerprint density at radius 1 is 0.973 bits per heavy atom. The highest BCUT2D eigenvalue weighted by Gasteiger charge is 2.15. The van der Waals surface area contributed by atoms with E-state index in [4.69, 9.17) is 15.9 Å². The van der Waals surface area contributed by atoms with Gasteiger partial charge in [0.25, 0.3) is 5.91 Å². The van der Waals surface area contributed by atoms with Gasteiger partial charge in [0.05, 0.1) is 12.5 Å². The van der Waals surface area contributed by atoms with Crippen molar-refractivity contribution >= 4 is 17.7 Å². The first-order valence-corrected chi connectivity index (χ1v) is 11.9. The largest absolute Gasteiger partial charge is 0.463 e. The molecule has 7 heteroatoms. The lowest BCUT2D eigenvalue weighted by Gasteiger charge is -2.15. The number of pyridine rings is 1. The molecule has 3 aromatic rings. The molecule has 1 aromatic heterocycles. The Morgan fingerprint density at radius 2 is 1.54 bits per heavy atom. The van der Waals surface area contributed by atoms with Gasteiger partial charge in [0.15, 0.2) is 12.4 Å². The van der Waals surface area contributed by atoms with Crippen LogP contribution in [0.4, 0.5) is 0 Å². The molecule has 0 saturated carbocycles. The first-order valence-electron chi connectivity index (χ1n) is 11.9. The number of amides is 1. The van der Waals surface area contributed by atoms with E-state index in [1.807, 2.05) is 79.5 Å². The number of aromatic nitrogens is 1. The number of amidine groups is 1. The Hall–Kier alpha value is -4.44. The highest BCUT2D eigenvalue weighted by Crippen LogP contribution is 2.18. The first kappa shape index (κ1) is 30.6. The van der Waals surface area contributed by atoms with Crippen LogP contribution in [0.3, 0.4) is 0 Å². The fraction of sp³-hybridized carbons (Fsp3) is 0.267. The fourth-order valence-electron chi connectivity index (χ4n) is 3.24. The third-order valence-corrected chi connectivity index (χ3v) is 5.01. The second-order valence-corrected chi connectivity index (χ2v) is 8.73. The van der Waals surface area contributed by atoms with Crippen molar-refractivity contribution in [3.05, 3.63) is 89.7 Å². The zero-order valence-corrected chi connectivity index (χ0v) is 22.2. The van der Waals surface area contributed by atoms with Crippen molar-refractivity contribution in [2.75, 3.05) is 0 Å². The van der Waals surface area contributed by atoms with Crippen LogP contribution in [-0.4, -0.2) is 29.9 Å². The van der Waals surface area contributed by atoms with Crippen LogP contribution in [0.5, 0.6) is 0 Å². The molecule has 7 nitrogen and oxygen atoms in total. The lowest BCUT2D eigenvalue weighted by atomic mass is 10.0. The van der Waals surface area contributed by atoms with Crippen molar-refractivity contribution in [2.45, 2.75) is 46.3 Å². The molecule has 0 aliphatic heterocycles. The first-order chi connectivity index (χ1) is 17.5. The predicted molar refractivity (Wildman–Crippen MR) is 148 cm³/mol. The number of rotatable bonds is 7. The van der Waals surface area contributed by atoms with Crippen molar-refractivity contribution in [3.63, 3.8) is 0 Å². The number of nitrogens with one attached hydrogen (secondary N) is 2. The van der Waals surface area contributed by atoms with Crippen molar-refractivity contribution in [3.8, 4) is 24.0 Å². The van der Waals surface area contributed by atoms with Crippen molar-refractivity contribution in [2.24, 2.45) is 12.8 Å². The number of nitrogens with two attached hydrogens (primary N) is 1. The molecule has 1 heterocycles. The lowest BCUT2D eigenvalue weighted by Crippen LogP contribution is -2.34. The molecule has 0 aliphatic rings. The average Bonchev–Trinajstić information content (AvgIpc) is 2.85. The van der Waals surface area contributed by atoms with Gasteiger partial charge in [-0.15, -0.1) is 12.8 Å². The van der Waals surface area contributed by atoms with Crippen LogP contribution in [0, 0.1) is 25.2 Å². The minimum absolute atomic E-state index is 0.128. The number of hydrogen-bond acceptors (Lipinski definition) is 4. The minimum atomic E-state index is -0.310. The van der Waals surface area contributed by atoms with Gasteiger partial charge in [-0.2, -0.15) is 0 Å². The van der Waals surface area contributed by atoms with Crippen molar-refractivity contribution < 1.29 is 18.9 Å². The molecule has 0 saturated heterocycles. The second kappa shape index (κ2) is 15.5. The summed E-state index contributed by atoms with van der Waals surface area (Å²) in [4.78, 5) is 23.9. The highest BCUT2D eigenvalue weighted by molar-refractivity contribution is 5.95. The molecule has 2 aromatic carbocycles. The summed E-state index contributed by atoms with van der Waals surface area (Å²) in [6, 6.07) is 18.8. The third kappa shape index (κ3) is 11.2. The maximum Gasteiger partial charge on any atom is 0.308 e. The summed E-state index contributed by atoms with van der Waals surface area (Å²) in [7, 11) is 1.97. The van der Waals surface area contributed by atoms with E-state index < -0.39 is 0 Å². The molecule has 1 atom stereocenters. The predicted octanol–water partition coefficient (Wildman–Crippen LogP) is 4.17. The minimum Gasteiger partial charge on any atom is -0.463 e. The molecule has 0 radical (unpaired) electrons. The number of ether oxygens (including phenoxy) is 1. The smallest absolute Gasteiger partial charge is 0.308 e. The number of aryl methyl sites for hydroxylation is 2. The Balaban J connectivity index is 0.000000475. The summed E-state index contributed by atoms with van der Waals surface area (Å²) in [6.07, 6.45) is 12.0. The SMILES string of the molecule is C#C.CC(C)OC(=O)C[C@@H](C)NC(=O)c1ccc(-c2cc[n+](C)cc2)cc1.Cc1cccc(C(=N)N)c1. The van der Waals surface area contributed by atoms with Crippen molar-refractivity contribution in [1.29, 1.82) is 5.41 Å². The number of benzene rings is 2. The topological polar surface area (TPSA) is 109 Å². The molecule has 0 bridgehead atoms. The van der Waals surface area contributed by atoms with Crippen LogP contribution < -0.4 is 15.6 Å². The monoisotopic (exact) mass is 501 g/mol. The lowest BCUT2D eigenvalue weighted by molar-refractivity contribution is -0.671. The van der Waals surface area contributed by atoms with E-state index in [0.717, 1.165) is 22.3 Å². The van der Waals surface area contributed by atoms with Gasteiger partial charge in [0.2, 0.25) is 0 Å². The van der Waals surface area contributed by atoms with Gasteiger partial charge in [-0.3, -0.25) is 15.0 Å². The van der Waals surface area contributed by atoms with Gasteiger partial charge >= 0.3 is 5.97 Å². The van der Waals surface area contributed by atoms with Crippen molar-refractivity contribution in [1.82, 2.24) is 5.32 Å². The number of carbonyl (C=O) groups is 2. The number of esters is 1. The van der Waals surface area contributed by atoms with Gasteiger partial charge in [0.1, 0.15) is 12.9 Å². The Morgan fingerprint density at radius 3 is 2.03 bits per heavy atom. The van der Waals surface area contributed by atoms with E-state index in [2.05, 4.69) is 18.2 Å². The summed E-state index contributed by atoms with van der Waals surface area (Å²) >= 11 is 0. The number of terminal acetylenes is 1. The highest BCUT2D eigenvalue weighted by atomic mass is 16.5. The zero-order valence-electron chi connectivity index (χ0n) is 22.2. The van der Waals surface area contributed by atoms with E-state index in [0.29, 0.717) is 5.56 Å². The van der Waals surface area contributed by atoms with E-state index in [1.165, 1.54) is 0 Å². The van der Waals surface area contributed by atoms with E-state index in [-0.39, 0.29) is 36.3 Å². The zero-order chi connectivity index (χ0) is 28.0. The van der Waals surface area contributed by atoms with E-state index in [9.17, 15) is 9.59 Å². The summed E-state index contributed by atoms with van der Waals surface area (Å²) in [5.74, 6) is -0.380. The maximum absolute atomic E-state index is 12.3. The molecule has 37 heavy (non-hydrogen) atoms. The fourth-order valence-corrected chi connectivity index (χ4v) is 3.24. The van der Waals surface area contributed by atoms with E-state index in [1.54, 1.807) is 32.9 Å². The molecular weight excluding hydrogens is 464 g/mol. The number of hydrogen-bond donors (Lipinski definition) is 3. The number of carbonyl (C=O) groups excluding carboxylic acids is 2. The van der Waals surface area contributed by atoms with Crippen LogP contribution >= 0.6 is 0 Å². The maximum atomic E-state index is 12.3. The van der Waals surface area contributed by atoms with Gasteiger partial charge in [-0.1, -0.05) is 35.9 Å². The van der Waals surface area contributed by atoms with Gasteiger partial charge < -0.3 is 15.8 Å². The number of nitrogen functional groups attached to an aromatic ring is 1. The van der Waals surface area contributed by atoms with Crippen LogP contribution in [0.15, 0.2) is 73.1 Å². The third-order valence-electron chi connectivity index (χ3n) is 5.01. The standard InChI is InChI=1S/C20H24N2O3.C8H10N2.C2H2/c1-14(2)25-19(23)13-15(3)21-20(24)18-7-5-16(6-8-18)17-9-11-22(4)12-10-17;1-6-3-2-4-7(5-6)8(9)10;1-2/h5-12,14-15H,13H2,1-4H3;2-5H,1H3,(H3,9,10);1-2H/p+1/t15-;;/m1../s1. The molecule has 0 aliphatic carbocycles. The molecule has 194 valence electrons. The number of nitrogens with zero attached hydrogens (tertiary/aromatic N) is 1.